The van der Waals surface area contributed by atoms with Gasteiger partial charge in [0.2, 0.25) is 0 Å². The van der Waals surface area contributed by atoms with E-state index in [-0.39, 0.29) is 6.56 Å². The summed E-state index contributed by atoms with van der Waals surface area (Å²) in [5.74, 6) is 0. The van der Waals surface area contributed by atoms with Gasteiger partial charge in [-0.15, -0.1) is 11.4 Å². The first kappa shape index (κ1) is 5.00. The van der Waals surface area contributed by atoms with Crippen molar-refractivity contribution in [1.82, 2.24) is 0 Å². The molecule has 0 amide bonds. The van der Waals surface area contributed by atoms with E-state index in [2.05, 4.69) is 11.8 Å². The van der Waals surface area contributed by atoms with Crippen molar-refractivity contribution >= 4 is 29.7 Å². The third-order valence-electron chi connectivity index (χ3n) is 0.0962. The van der Waals surface area contributed by atoms with Gasteiger partial charge in [-0.05, 0) is 12.8 Å². The lowest BCUT2D eigenvalue weighted by molar-refractivity contribution is 2.55. The van der Waals surface area contributed by atoms with E-state index in [1.165, 1.54) is 0 Å². The Labute approximate surface area is 36.6 Å². The normalized spacial score (nSPS) is 10.2. The highest BCUT2D eigenvalue weighted by molar-refractivity contribution is 8.57. The minimum absolute atomic E-state index is 0.282. The van der Waals surface area contributed by atoms with E-state index in [9.17, 15) is 0 Å². The maximum Gasteiger partial charge on any atom is -0.0139 e. The fourth-order valence-corrected chi connectivity index (χ4v) is 0. The highest BCUT2D eigenvalue weighted by atomic mass is 32.9. The van der Waals surface area contributed by atoms with Crippen LogP contribution < -0.4 is 0 Å². The van der Waals surface area contributed by atoms with Crippen molar-refractivity contribution in [2.45, 2.75) is 0 Å². The lowest BCUT2D eigenvalue weighted by atomic mass is 12.0. The molecule has 1 unspecified atom stereocenters. The monoisotopic (exact) mass is 112 g/mol. The van der Waals surface area contributed by atoms with Crippen molar-refractivity contribution in [3.05, 3.63) is 0 Å². The minimum Gasteiger partial charge on any atom is -0.134 e. The summed E-state index contributed by atoms with van der Waals surface area (Å²) in [4.78, 5) is 0. The van der Waals surface area contributed by atoms with E-state index in [1.807, 2.05) is 6.26 Å². The molecular formula is CH5PS2. The molecule has 0 saturated carbocycles. The van der Waals surface area contributed by atoms with Gasteiger partial charge in [-0.25, -0.2) is 0 Å². The molecule has 0 bridgehead atoms. The van der Waals surface area contributed by atoms with Crippen LogP contribution in [0.5, 0.6) is 0 Å². The van der Waals surface area contributed by atoms with Crippen molar-refractivity contribution in [3.63, 3.8) is 0 Å². The summed E-state index contributed by atoms with van der Waals surface area (Å²) in [6.45, 7) is 0.282. The summed E-state index contributed by atoms with van der Waals surface area (Å²) in [6.07, 6.45) is 2.03. The summed E-state index contributed by atoms with van der Waals surface area (Å²) < 4.78 is 0. The van der Waals surface area contributed by atoms with Crippen molar-refractivity contribution < 1.29 is 0 Å². The highest BCUT2D eigenvalue weighted by Crippen LogP contribution is 2.09. The zero-order chi connectivity index (χ0) is 3.41. The first-order chi connectivity index (χ1) is 1.91. The summed E-state index contributed by atoms with van der Waals surface area (Å²) in [5, 5.41) is 0. The fourth-order valence-electron chi connectivity index (χ4n) is 0. The number of hydrogen-bond donors (Lipinski definition) is 0. The minimum atomic E-state index is 0.282. The van der Waals surface area contributed by atoms with Gasteiger partial charge in [-0.1, -0.05) is 11.8 Å². The molecule has 0 heterocycles. The Morgan fingerprint density at radius 2 is 2.25 bits per heavy atom. The molecule has 1 atom stereocenters. The van der Waals surface area contributed by atoms with Crippen LogP contribution in [0.25, 0.3) is 0 Å². The topological polar surface area (TPSA) is 0 Å². The standard InChI is InChI=1S/CH5PS2/c1-4-2-3/h2H2,1H3. The SMILES string of the molecule is CS[PH2]=S. The fraction of sp³-hybridized carbons (Fsp3) is 1.00. The second-order valence-corrected chi connectivity index (χ2v) is 4.72. The average Bonchev–Trinajstić information content (AvgIpc) is 1.37. The van der Waals surface area contributed by atoms with Gasteiger partial charge in [-0.2, -0.15) is 0 Å². The second kappa shape index (κ2) is 4.00. The molecule has 0 saturated heterocycles. The largest absolute Gasteiger partial charge is 0.134 e. The maximum absolute atomic E-state index is 4.60. The van der Waals surface area contributed by atoms with Crippen molar-refractivity contribution in [2.24, 2.45) is 0 Å². The van der Waals surface area contributed by atoms with Gasteiger partial charge in [0.1, 0.15) is 0 Å². The van der Waals surface area contributed by atoms with Crippen molar-refractivity contribution in [2.75, 3.05) is 6.26 Å². The highest BCUT2D eigenvalue weighted by Gasteiger charge is 1.44. The summed E-state index contributed by atoms with van der Waals surface area (Å²) in [5.41, 5.74) is 0. The van der Waals surface area contributed by atoms with Gasteiger partial charge in [0, 0.05) is 0 Å². The molecule has 0 fully saturated rings. The second-order valence-electron chi connectivity index (χ2n) is 0.332. The third-order valence-corrected chi connectivity index (χ3v) is 2.60. The van der Waals surface area contributed by atoms with Gasteiger partial charge in [-0.3, -0.25) is 0 Å². The molecule has 0 aliphatic heterocycles. The molecule has 0 aliphatic rings. The van der Waals surface area contributed by atoms with E-state index in [0.29, 0.717) is 0 Å². The zero-order valence-corrected chi connectivity index (χ0v) is 5.18. The lowest BCUT2D eigenvalue weighted by Crippen LogP contribution is -1.11. The Kier molecular flexibility index (Phi) is 5.00. The number of hydrogen-bond acceptors (Lipinski definition) is 2. The molecule has 0 aromatic rings. The Morgan fingerprint density at radius 3 is 2.25 bits per heavy atom. The van der Waals surface area contributed by atoms with Gasteiger partial charge in [0.05, 0.1) is 0 Å². The molecule has 0 radical (unpaired) electrons. The molecule has 0 spiro atoms. The van der Waals surface area contributed by atoms with E-state index in [4.69, 9.17) is 0 Å². The first-order valence-corrected chi connectivity index (χ1v) is 5.47. The van der Waals surface area contributed by atoms with E-state index < -0.39 is 0 Å². The number of rotatable bonds is 1. The van der Waals surface area contributed by atoms with Crippen LogP contribution >= 0.6 is 17.9 Å². The Hall–Kier alpha value is 1.00. The molecule has 0 N–H and O–H groups in total. The van der Waals surface area contributed by atoms with Gasteiger partial charge in [0.25, 0.3) is 0 Å². The predicted octanol–water partition coefficient (Wildman–Crippen LogP) is 1.14. The Bertz CT molecular complexity index is 20.0. The van der Waals surface area contributed by atoms with E-state index >= 15 is 0 Å². The Balaban J connectivity index is 2.30. The van der Waals surface area contributed by atoms with Gasteiger partial charge in [0.15, 0.2) is 0 Å². The molecule has 4 heavy (non-hydrogen) atoms. The quantitative estimate of drug-likeness (QED) is 0.466. The van der Waals surface area contributed by atoms with E-state index in [0.717, 1.165) is 0 Å². The predicted molar refractivity (Wildman–Crippen MR) is 30.6 cm³/mol. The van der Waals surface area contributed by atoms with Crippen LogP contribution in [-0.4, -0.2) is 6.26 Å². The Morgan fingerprint density at radius 1 is 2.00 bits per heavy atom. The molecule has 0 nitrogen and oxygen atoms in total. The first-order valence-electron chi connectivity index (χ1n) is 0.880. The summed E-state index contributed by atoms with van der Waals surface area (Å²) >= 11 is 6.35. The van der Waals surface area contributed by atoms with Crippen LogP contribution in [0.3, 0.4) is 0 Å². The van der Waals surface area contributed by atoms with Crippen LogP contribution in [0.4, 0.5) is 0 Å². The molecule has 0 aromatic heterocycles. The van der Waals surface area contributed by atoms with Gasteiger partial charge >= 0.3 is 0 Å². The van der Waals surface area contributed by atoms with Gasteiger partial charge < -0.3 is 0 Å². The third kappa shape index (κ3) is 3.00. The molecule has 3 heteroatoms. The molecule has 0 aromatic carbocycles. The zero-order valence-electron chi connectivity index (χ0n) is 2.39. The molecule has 26 valence electrons. The summed E-state index contributed by atoms with van der Waals surface area (Å²) in [6, 6.07) is 0. The van der Waals surface area contributed by atoms with Crippen LogP contribution in [0.15, 0.2) is 0 Å². The van der Waals surface area contributed by atoms with Crippen LogP contribution in [0.1, 0.15) is 0 Å². The maximum atomic E-state index is 4.60. The van der Waals surface area contributed by atoms with Crippen LogP contribution in [0.2, 0.25) is 0 Å². The van der Waals surface area contributed by atoms with Crippen LogP contribution in [-0.2, 0) is 11.8 Å². The average molecular weight is 112 g/mol. The molecular weight excluding hydrogens is 107 g/mol. The lowest BCUT2D eigenvalue weighted by Gasteiger charge is -1.58. The van der Waals surface area contributed by atoms with E-state index in [1.54, 1.807) is 11.4 Å². The van der Waals surface area contributed by atoms with Crippen molar-refractivity contribution in [1.29, 1.82) is 0 Å². The summed E-state index contributed by atoms with van der Waals surface area (Å²) in [7, 11) is 0. The smallest absolute Gasteiger partial charge is 0.0139 e. The van der Waals surface area contributed by atoms with Crippen LogP contribution in [0, 0.1) is 0 Å². The molecule has 0 aliphatic carbocycles. The van der Waals surface area contributed by atoms with Crippen molar-refractivity contribution in [3.8, 4) is 0 Å². The molecule has 0 rings (SSSR count).